The lowest BCUT2D eigenvalue weighted by Gasteiger charge is -2.21. The average Bonchev–Trinajstić information content (AvgIpc) is 3.22. The number of carbonyl (C=O) groups excluding carboxylic acids is 2. The van der Waals surface area contributed by atoms with Gasteiger partial charge in [0.05, 0.1) is 11.9 Å². The third-order valence-corrected chi connectivity index (χ3v) is 4.72. The Morgan fingerprint density at radius 1 is 1.10 bits per heavy atom. The second kappa shape index (κ2) is 9.82. The van der Waals surface area contributed by atoms with Crippen LogP contribution in [-0.4, -0.2) is 44.7 Å². The second-order valence-electron chi connectivity index (χ2n) is 7.17. The Balaban J connectivity index is 1.70. The molecular formula is C23H26N4O3. The van der Waals surface area contributed by atoms with Gasteiger partial charge in [-0.25, -0.2) is 14.5 Å². The minimum absolute atomic E-state index is 0.0120. The van der Waals surface area contributed by atoms with Gasteiger partial charge in [0.2, 0.25) is 0 Å². The zero-order valence-electron chi connectivity index (χ0n) is 17.5. The van der Waals surface area contributed by atoms with Gasteiger partial charge in [-0.05, 0) is 30.5 Å². The van der Waals surface area contributed by atoms with E-state index in [2.05, 4.69) is 10.1 Å². The van der Waals surface area contributed by atoms with Gasteiger partial charge in [0.25, 0.3) is 5.91 Å². The lowest BCUT2D eigenvalue weighted by Crippen LogP contribution is -2.34. The number of carbonyl (C=O) groups is 2. The highest BCUT2D eigenvalue weighted by atomic mass is 16.5. The van der Waals surface area contributed by atoms with Gasteiger partial charge in [-0.2, -0.15) is 5.10 Å². The van der Waals surface area contributed by atoms with Crippen molar-refractivity contribution in [2.75, 3.05) is 13.2 Å². The van der Waals surface area contributed by atoms with Gasteiger partial charge < -0.3 is 9.64 Å². The lowest BCUT2D eigenvalue weighted by molar-refractivity contribution is -0.134. The Morgan fingerprint density at radius 3 is 2.47 bits per heavy atom. The Hall–Kier alpha value is -3.48. The molecule has 0 aliphatic carbocycles. The first-order valence-corrected chi connectivity index (χ1v) is 9.99. The summed E-state index contributed by atoms with van der Waals surface area (Å²) in [4.78, 5) is 31.3. The van der Waals surface area contributed by atoms with Crippen molar-refractivity contribution in [2.24, 2.45) is 0 Å². The minimum atomic E-state index is -0.565. The van der Waals surface area contributed by atoms with Crippen LogP contribution in [0.15, 0.2) is 60.9 Å². The van der Waals surface area contributed by atoms with E-state index in [-0.39, 0.29) is 18.4 Å². The van der Waals surface area contributed by atoms with Crippen molar-refractivity contribution in [3.63, 3.8) is 0 Å². The summed E-state index contributed by atoms with van der Waals surface area (Å²) < 4.78 is 6.98. The molecule has 30 heavy (non-hydrogen) atoms. The molecule has 0 aliphatic rings. The average molecular weight is 406 g/mol. The van der Waals surface area contributed by atoms with Crippen molar-refractivity contribution < 1.29 is 14.3 Å². The fourth-order valence-electron chi connectivity index (χ4n) is 3.21. The van der Waals surface area contributed by atoms with Gasteiger partial charge in [-0.1, -0.05) is 50.2 Å². The van der Waals surface area contributed by atoms with Crippen molar-refractivity contribution in [1.29, 1.82) is 0 Å². The number of hydrogen-bond donors (Lipinski definition) is 0. The molecule has 0 saturated carbocycles. The molecule has 0 radical (unpaired) electrons. The van der Waals surface area contributed by atoms with E-state index in [0.717, 1.165) is 5.56 Å². The first-order valence-electron chi connectivity index (χ1n) is 9.99. The van der Waals surface area contributed by atoms with E-state index in [1.807, 2.05) is 69.3 Å². The summed E-state index contributed by atoms with van der Waals surface area (Å²) in [7, 11) is 0. The van der Waals surface area contributed by atoms with Gasteiger partial charge in [0.1, 0.15) is 5.56 Å². The molecule has 3 aromatic rings. The molecule has 0 atom stereocenters. The molecule has 7 heteroatoms. The van der Waals surface area contributed by atoms with Crippen molar-refractivity contribution in [2.45, 2.75) is 33.2 Å². The molecule has 1 aromatic carbocycles. The number of benzene rings is 1. The molecule has 7 nitrogen and oxygen atoms in total. The van der Waals surface area contributed by atoms with Crippen molar-refractivity contribution >= 4 is 11.9 Å². The summed E-state index contributed by atoms with van der Waals surface area (Å²) in [5.41, 5.74) is 2.06. The molecule has 0 N–H and O–H groups in total. The molecule has 0 unspecified atom stereocenters. The molecule has 156 valence electrons. The number of nitrogens with zero attached hydrogens (tertiary/aromatic N) is 4. The van der Waals surface area contributed by atoms with Crippen LogP contribution >= 0.6 is 0 Å². The van der Waals surface area contributed by atoms with E-state index in [0.29, 0.717) is 30.2 Å². The number of rotatable bonds is 8. The highest BCUT2D eigenvalue weighted by Gasteiger charge is 2.24. The second-order valence-corrected chi connectivity index (χ2v) is 7.17. The smallest absolute Gasteiger partial charge is 0.342 e. The monoisotopic (exact) mass is 406 g/mol. The van der Waals surface area contributed by atoms with Crippen LogP contribution in [0, 0.1) is 0 Å². The van der Waals surface area contributed by atoms with Crippen LogP contribution in [0.2, 0.25) is 0 Å². The minimum Gasteiger partial charge on any atom is -0.452 e. The Labute approximate surface area is 176 Å². The van der Waals surface area contributed by atoms with E-state index in [1.54, 1.807) is 15.8 Å². The molecule has 0 aliphatic heterocycles. The maximum absolute atomic E-state index is 12.7. The van der Waals surface area contributed by atoms with E-state index < -0.39 is 5.97 Å². The summed E-state index contributed by atoms with van der Waals surface area (Å²) in [6.07, 6.45) is 3.14. The zero-order chi connectivity index (χ0) is 21.5. The van der Waals surface area contributed by atoms with Gasteiger partial charge in [-0.15, -0.1) is 0 Å². The molecule has 0 spiro atoms. The molecule has 0 saturated heterocycles. The first-order chi connectivity index (χ1) is 14.5. The number of aromatic nitrogens is 3. The molecular weight excluding hydrogens is 380 g/mol. The van der Waals surface area contributed by atoms with Gasteiger partial charge in [-0.3, -0.25) is 4.79 Å². The standard InChI is InChI=1S/C23H26N4O3/c1-4-26(15-18-10-6-5-7-11-18)21(28)16-30-23(29)19-14-25-27(22(19)17(2)3)20-12-8-9-13-24-20/h5-14,17H,4,15-16H2,1-3H3. The molecule has 3 rings (SSSR count). The summed E-state index contributed by atoms with van der Waals surface area (Å²) in [5.74, 6) is -0.169. The quantitative estimate of drug-likeness (QED) is 0.534. The maximum Gasteiger partial charge on any atom is 0.342 e. The summed E-state index contributed by atoms with van der Waals surface area (Å²) in [5, 5.41) is 4.32. The third kappa shape index (κ3) is 4.92. The van der Waals surface area contributed by atoms with Crippen LogP contribution in [0.25, 0.3) is 5.82 Å². The van der Waals surface area contributed by atoms with E-state index in [4.69, 9.17) is 4.74 Å². The van der Waals surface area contributed by atoms with E-state index in [9.17, 15) is 9.59 Å². The van der Waals surface area contributed by atoms with E-state index >= 15 is 0 Å². The number of hydrogen-bond acceptors (Lipinski definition) is 5. The first kappa shape index (κ1) is 21.2. The van der Waals surface area contributed by atoms with Crippen molar-refractivity contribution in [1.82, 2.24) is 19.7 Å². The number of esters is 1. The molecule has 0 bridgehead atoms. The zero-order valence-corrected chi connectivity index (χ0v) is 17.5. The van der Waals surface area contributed by atoms with Crippen LogP contribution < -0.4 is 0 Å². The summed E-state index contributed by atoms with van der Waals surface area (Å²) in [6, 6.07) is 15.2. The highest BCUT2D eigenvalue weighted by Crippen LogP contribution is 2.23. The SMILES string of the molecule is CCN(Cc1ccccc1)C(=O)COC(=O)c1cnn(-c2ccccn2)c1C(C)C. The van der Waals surface area contributed by atoms with Crippen molar-refractivity contribution in [3.8, 4) is 5.82 Å². The Kier molecular flexibility index (Phi) is 6.95. The normalized spacial score (nSPS) is 10.8. The number of pyridine rings is 1. The third-order valence-electron chi connectivity index (χ3n) is 4.72. The van der Waals surface area contributed by atoms with Gasteiger partial charge in [0.15, 0.2) is 12.4 Å². The van der Waals surface area contributed by atoms with Crippen LogP contribution in [-0.2, 0) is 16.1 Å². The Bertz CT molecular complexity index is 984. The summed E-state index contributed by atoms with van der Waals surface area (Å²) >= 11 is 0. The molecule has 0 fully saturated rings. The van der Waals surface area contributed by atoms with Crippen LogP contribution in [0.5, 0.6) is 0 Å². The maximum atomic E-state index is 12.7. The molecule has 2 heterocycles. The number of amides is 1. The number of likely N-dealkylation sites (N-methyl/N-ethyl adjacent to an activating group) is 1. The highest BCUT2D eigenvalue weighted by molar-refractivity contribution is 5.92. The topological polar surface area (TPSA) is 77.3 Å². The van der Waals surface area contributed by atoms with Crippen LogP contribution in [0.3, 0.4) is 0 Å². The van der Waals surface area contributed by atoms with Crippen molar-refractivity contribution in [3.05, 3.63) is 77.7 Å². The fraction of sp³-hybridized carbons (Fsp3) is 0.304. The Morgan fingerprint density at radius 2 is 1.83 bits per heavy atom. The predicted octanol–water partition coefficient (Wildman–Crippen LogP) is 3.60. The fourth-order valence-corrected chi connectivity index (χ4v) is 3.21. The van der Waals surface area contributed by atoms with Gasteiger partial charge in [0, 0.05) is 19.3 Å². The van der Waals surface area contributed by atoms with Gasteiger partial charge >= 0.3 is 5.97 Å². The molecule has 1 amide bonds. The lowest BCUT2D eigenvalue weighted by atomic mass is 10.1. The predicted molar refractivity (Wildman–Crippen MR) is 113 cm³/mol. The van der Waals surface area contributed by atoms with E-state index in [1.165, 1.54) is 6.20 Å². The largest absolute Gasteiger partial charge is 0.452 e. The van der Waals surface area contributed by atoms with Crippen LogP contribution in [0.1, 0.15) is 48.3 Å². The summed E-state index contributed by atoms with van der Waals surface area (Å²) in [6.45, 7) is 6.53. The molecule has 2 aromatic heterocycles. The van der Waals surface area contributed by atoms with Crippen LogP contribution in [0.4, 0.5) is 0 Å². The number of ether oxygens (including phenoxy) is 1.